The largest absolute Gasteiger partial charge is 0.383 e. The summed E-state index contributed by atoms with van der Waals surface area (Å²) in [6, 6.07) is 9.86. The summed E-state index contributed by atoms with van der Waals surface area (Å²) in [5.74, 6) is 0. The third-order valence-electron chi connectivity index (χ3n) is 3.67. The van der Waals surface area contributed by atoms with Crippen molar-refractivity contribution in [2.45, 2.75) is 6.92 Å². The molecule has 0 bridgehead atoms. The monoisotopic (exact) mass is 374 g/mol. The summed E-state index contributed by atoms with van der Waals surface area (Å²) in [6.45, 7) is 3.08. The Morgan fingerprint density at radius 2 is 2.12 bits per heavy atom. The highest BCUT2D eigenvalue weighted by Gasteiger charge is 2.17. The van der Waals surface area contributed by atoms with Gasteiger partial charge < -0.3 is 10.1 Å². The lowest BCUT2D eigenvalue weighted by Crippen LogP contribution is -2.40. The quantitative estimate of drug-likeness (QED) is 0.528. The molecule has 2 heterocycles. The van der Waals surface area contributed by atoms with E-state index in [0.717, 1.165) is 20.8 Å². The highest BCUT2D eigenvalue weighted by molar-refractivity contribution is 7.80. The summed E-state index contributed by atoms with van der Waals surface area (Å²) in [4.78, 5) is 19.1. The zero-order chi connectivity index (χ0) is 17.8. The number of hydrogen-bond donors (Lipinski definition) is 2. The maximum atomic E-state index is 13.0. The molecule has 0 atom stereocenters. The van der Waals surface area contributed by atoms with Crippen molar-refractivity contribution in [1.29, 1.82) is 0 Å². The van der Waals surface area contributed by atoms with Crippen molar-refractivity contribution >= 4 is 38.9 Å². The predicted molar refractivity (Wildman–Crippen MR) is 106 cm³/mol. The molecule has 0 aliphatic rings. The Kier molecular flexibility index (Phi) is 5.42. The standard InChI is InChI=1S/C17H18N4O2S2/c1-11-13(12-6-4-3-5-7-12)14-15(25-11)19-10-21(16(14)22)20-17(24)18-8-9-23-2/h3-7,10H,8-9H2,1-2H3,(H2,18,20,24). The second kappa shape index (κ2) is 7.73. The normalized spacial score (nSPS) is 10.8. The highest BCUT2D eigenvalue weighted by atomic mass is 32.1. The SMILES string of the molecule is COCCNC(=S)Nn1cnc2sc(C)c(-c3ccccc3)c2c1=O. The second-order valence-electron chi connectivity index (χ2n) is 5.36. The van der Waals surface area contributed by atoms with Gasteiger partial charge in [-0.2, -0.15) is 0 Å². The molecule has 2 N–H and O–H groups in total. The third-order valence-corrected chi connectivity index (χ3v) is 4.91. The fourth-order valence-electron chi connectivity index (χ4n) is 2.55. The van der Waals surface area contributed by atoms with Gasteiger partial charge in [0.25, 0.3) is 5.56 Å². The van der Waals surface area contributed by atoms with Crippen LogP contribution in [0.25, 0.3) is 21.3 Å². The summed E-state index contributed by atoms with van der Waals surface area (Å²) < 4.78 is 6.27. The number of ether oxygens (including phenoxy) is 1. The van der Waals surface area contributed by atoms with Gasteiger partial charge >= 0.3 is 0 Å². The molecule has 0 radical (unpaired) electrons. The number of fused-ring (bicyclic) bond motifs is 1. The zero-order valence-corrected chi connectivity index (χ0v) is 15.5. The van der Waals surface area contributed by atoms with E-state index >= 15 is 0 Å². The number of hydrogen-bond acceptors (Lipinski definition) is 5. The lowest BCUT2D eigenvalue weighted by Gasteiger charge is -2.12. The number of thiocarbonyl (C=S) groups is 1. The first-order valence-electron chi connectivity index (χ1n) is 7.71. The minimum atomic E-state index is -0.177. The van der Waals surface area contributed by atoms with Crippen molar-refractivity contribution in [3.63, 3.8) is 0 Å². The van der Waals surface area contributed by atoms with E-state index in [1.54, 1.807) is 7.11 Å². The maximum absolute atomic E-state index is 13.0. The summed E-state index contributed by atoms with van der Waals surface area (Å²) in [5.41, 5.74) is 4.61. The predicted octanol–water partition coefficient (Wildman–Crippen LogP) is 2.50. The average molecular weight is 374 g/mol. The van der Waals surface area contributed by atoms with E-state index in [0.29, 0.717) is 23.7 Å². The van der Waals surface area contributed by atoms with E-state index < -0.39 is 0 Å². The number of nitrogens with zero attached hydrogens (tertiary/aromatic N) is 2. The fraction of sp³-hybridized carbons (Fsp3) is 0.235. The van der Waals surface area contributed by atoms with E-state index in [-0.39, 0.29) is 5.56 Å². The summed E-state index contributed by atoms with van der Waals surface area (Å²) in [5, 5.41) is 3.91. The van der Waals surface area contributed by atoms with Gasteiger partial charge in [-0.3, -0.25) is 10.2 Å². The molecule has 3 rings (SSSR count). The number of rotatable bonds is 5. The van der Waals surface area contributed by atoms with Crippen LogP contribution in [0.3, 0.4) is 0 Å². The number of nitrogens with one attached hydrogen (secondary N) is 2. The number of methoxy groups -OCH3 is 1. The molecule has 0 aliphatic heterocycles. The van der Waals surface area contributed by atoms with Crippen LogP contribution in [-0.4, -0.2) is 35.0 Å². The fourth-order valence-corrected chi connectivity index (χ4v) is 3.75. The molecule has 0 unspecified atom stereocenters. The number of thiophene rings is 1. The van der Waals surface area contributed by atoms with Crippen molar-refractivity contribution in [3.05, 3.63) is 51.9 Å². The summed E-state index contributed by atoms with van der Waals surface area (Å²) in [7, 11) is 1.62. The van der Waals surface area contributed by atoms with Gasteiger partial charge in [0.15, 0.2) is 5.11 Å². The molecular weight excluding hydrogens is 356 g/mol. The number of aryl methyl sites for hydroxylation is 1. The Morgan fingerprint density at radius 1 is 1.36 bits per heavy atom. The van der Waals surface area contributed by atoms with E-state index in [2.05, 4.69) is 15.7 Å². The van der Waals surface area contributed by atoms with Gasteiger partial charge in [-0.05, 0) is 24.7 Å². The van der Waals surface area contributed by atoms with Gasteiger partial charge in [-0.15, -0.1) is 11.3 Å². The molecule has 3 aromatic rings. The molecule has 0 spiro atoms. The van der Waals surface area contributed by atoms with Gasteiger partial charge in [0.05, 0.1) is 12.0 Å². The molecule has 2 aromatic heterocycles. The molecule has 130 valence electrons. The molecule has 1 aromatic carbocycles. The lowest BCUT2D eigenvalue weighted by molar-refractivity contribution is 0.204. The Labute approximate surface area is 154 Å². The molecule has 0 saturated heterocycles. The van der Waals surface area contributed by atoms with Crippen LogP contribution in [0.1, 0.15) is 4.88 Å². The van der Waals surface area contributed by atoms with Crippen LogP contribution < -0.4 is 16.3 Å². The van der Waals surface area contributed by atoms with E-state index in [9.17, 15) is 4.79 Å². The van der Waals surface area contributed by atoms with Crippen LogP contribution in [0.5, 0.6) is 0 Å². The Morgan fingerprint density at radius 3 is 2.84 bits per heavy atom. The van der Waals surface area contributed by atoms with Crippen LogP contribution in [0.4, 0.5) is 0 Å². The van der Waals surface area contributed by atoms with Crippen molar-refractivity contribution in [2.24, 2.45) is 0 Å². The van der Waals surface area contributed by atoms with Crippen LogP contribution in [0.15, 0.2) is 41.5 Å². The third kappa shape index (κ3) is 3.71. The summed E-state index contributed by atoms with van der Waals surface area (Å²) in [6.07, 6.45) is 1.46. The number of benzene rings is 1. The smallest absolute Gasteiger partial charge is 0.281 e. The van der Waals surface area contributed by atoms with E-state index in [1.165, 1.54) is 22.3 Å². The Balaban J connectivity index is 1.99. The minimum Gasteiger partial charge on any atom is -0.383 e. The highest BCUT2D eigenvalue weighted by Crippen LogP contribution is 2.35. The van der Waals surface area contributed by atoms with Crippen molar-refractivity contribution in [3.8, 4) is 11.1 Å². The summed E-state index contributed by atoms with van der Waals surface area (Å²) >= 11 is 6.72. The van der Waals surface area contributed by atoms with Crippen LogP contribution in [-0.2, 0) is 4.74 Å². The van der Waals surface area contributed by atoms with Crippen molar-refractivity contribution in [1.82, 2.24) is 15.0 Å². The Bertz CT molecular complexity index is 950. The van der Waals surface area contributed by atoms with E-state index in [1.807, 2.05) is 37.3 Å². The lowest BCUT2D eigenvalue weighted by atomic mass is 10.0. The van der Waals surface area contributed by atoms with Crippen LogP contribution >= 0.6 is 23.6 Å². The van der Waals surface area contributed by atoms with Crippen LogP contribution in [0, 0.1) is 6.92 Å². The van der Waals surface area contributed by atoms with E-state index in [4.69, 9.17) is 17.0 Å². The molecule has 8 heteroatoms. The molecule has 6 nitrogen and oxygen atoms in total. The second-order valence-corrected chi connectivity index (χ2v) is 6.97. The molecule has 0 amide bonds. The van der Waals surface area contributed by atoms with Gasteiger partial charge in [0, 0.05) is 24.1 Å². The average Bonchev–Trinajstić information content (AvgIpc) is 2.95. The first kappa shape index (κ1) is 17.5. The van der Waals surface area contributed by atoms with Gasteiger partial charge in [0.1, 0.15) is 11.2 Å². The molecular formula is C17H18N4O2S2. The molecule has 25 heavy (non-hydrogen) atoms. The molecule has 0 aliphatic carbocycles. The first-order valence-corrected chi connectivity index (χ1v) is 8.94. The van der Waals surface area contributed by atoms with Gasteiger partial charge in [-0.25, -0.2) is 9.66 Å². The molecule has 0 fully saturated rings. The van der Waals surface area contributed by atoms with Crippen molar-refractivity contribution in [2.75, 3.05) is 25.7 Å². The Hall–Kier alpha value is -2.29. The van der Waals surface area contributed by atoms with Crippen molar-refractivity contribution < 1.29 is 4.74 Å². The van der Waals surface area contributed by atoms with Crippen LogP contribution in [0.2, 0.25) is 0 Å². The minimum absolute atomic E-state index is 0.177. The topological polar surface area (TPSA) is 68.2 Å². The van der Waals surface area contributed by atoms with Gasteiger partial charge in [-0.1, -0.05) is 30.3 Å². The maximum Gasteiger partial charge on any atom is 0.281 e. The van der Waals surface area contributed by atoms with Gasteiger partial charge in [0.2, 0.25) is 0 Å². The zero-order valence-electron chi connectivity index (χ0n) is 13.9. The number of aromatic nitrogens is 2. The molecule has 0 saturated carbocycles. The first-order chi connectivity index (χ1) is 12.1.